The molecule has 0 N–H and O–H groups in total. The van der Waals surface area contributed by atoms with Gasteiger partial charge >= 0.3 is 0 Å². The standard InChI is InChI=1S/C16H13Br2ClO/c17-12-8-11-4-5-20-16(11)14(9-12)15(18)7-10-2-1-3-13(19)6-10/h1-3,6,8-9,15H,4-5,7H2. The lowest BCUT2D eigenvalue weighted by Gasteiger charge is -2.15. The second kappa shape index (κ2) is 6.08. The lowest BCUT2D eigenvalue weighted by molar-refractivity contribution is 0.353. The van der Waals surface area contributed by atoms with Crippen LogP contribution in [0.4, 0.5) is 0 Å². The summed E-state index contributed by atoms with van der Waals surface area (Å²) in [5, 5.41) is 0.776. The van der Waals surface area contributed by atoms with Gasteiger partial charge in [-0.2, -0.15) is 0 Å². The highest BCUT2D eigenvalue weighted by molar-refractivity contribution is 9.10. The van der Waals surface area contributed by atoms with Gasteiger partial charge in [-0.3, -0.25) is 0 Å². The van der Waals surface area contributed by atoms with Crippen LogP contribution in [0.15, 0.2) is 40.9 Å². The van der Waals surface area contributed by atoms with Gasteiger partial charge in [-0.15, -0.1) is 0 Å². The van der Waals surface area contributed by atoms with Crippen molar-refractivity contribution in [1.82, 2.24) is 0 Å². The summed E-state index contributed by atoms with van der Waals surface area (Å²) in [5.74, 6) is 1.04. The number of fused-ring (bicyclic) bond motifs is 1. The van der Waals surface area contributed by atoms with Gasteiger partial charge in [0, 0.05) is 26.3 Å². The zero-order valence-electron chi connectivity index (χ0n) is 10.7. The highest BCUT2D eigenvalue weighted by atomic mass is 79.9. The maximum atomic E-state index is 6.05. The molecule has 0 amide bonds. The molecular weight excluding hydrogens is 403 g/mol. The lowest BCUT2D eigenvalue weighted by Crippen LogP contribution is -1.99. The number of hydrogen-bond acceptors (Lipinski definition) is 1. The van der Waals surface area contributed by atoms with Gasteiger partial charge in [0.2, 0.25) is 0 Å². The van der Waals surface area contributed by atoms with Crippen LogP contribution in [0.1, 0.15) is 21.5 Å². The van der Waals surface area contributed by atoms with Crippen molar-refractivity contribution in [2.75, 3.05) is 6.61 Å². The Kier molecular flexibility index (Phi) is 4.39. The van der Waals surface area contributed by atoms with E-state index in [0.29, 0.717) is 0 Å². The van der Waals surface area contributed by atoms with E-state index in [9.17, 15) is 0 Å². The Hall–Kier alpha value is -0.510. The zero-order valence-corrected chi connectivity index (χ0v) is 14.6. The van der Waals surface area contributed by atoms with E-state index >= 15 is 0 Å². The maximum absolute atomic E-state index is 6.05. The Morgan fingerprint density at radius 3 is 2.90 bits per heavy atom. The quantitative estimate of drug-likeness (QED) is 0.582. The monoisotopic (exact) mass is 414 g/mol. The third-order valence-corrected chi connectivity index (χ3v) is 4.93. The summed E-state index contributed by atoms with van der Waals surface area (Å²) in [5.41, 5.74) is 3.70. The molecule has 1 unspecified atom stereocenters. The second-order valence-electron chi connectivity index (χ2n) is 4.88. The fourth-order valence-electron chi connectivity index (χ4n) is 2.51. The van der Waals surface area contributed by atoms with Crippen LogP contribution in [-0.4, -0.2) is 6.61 Å². The normalized spacial score (nSPS) is 14.8. The van der Waals surface area contributed by atoms with Gasteiger partial charge in [-0.25, -0.2) is 0 Å². The van der Waals surface area contributed by atoms with Crippen molar-refractivity contribution in [3.8, 4) is 5.75 Å². The van der Waals surface area contributed by atoms with E-state index in [2.05, 4.69) is 50.1 Å². The first-order valence-corrected chi connectivity index (χ1v) is 8.56. The third-order valence-electron chi connectivity index (χ3n) is 3.42. The minimum Gasteiger partial charge on any atom is -0.493 e. The van der Waals surface area contributed by atoms with Crippen molar-refractivity contribution in [2.45, 2.75) is 17.7 Å². The Bertz CT molecular complexity index is 642. The summed E-state index contributed by atoms with van der Waals surface area (Å²) < 4.78 is 6.89. The molecule has 1 atom stereocenters. The average molecular weight is 417 g/mol. The number of benzene rings is 2. The van der Waals surface area contributed by atoms with Crippen molar-refractivity contribution < 1.29 is 4.74 Å². The average Bonchev–Trinajstić information content (AvgIpc) is 2.85. The largest absolute Gasteiger partial charge is 0.493 e. The summed E-state index contributed by atoms with van der Waals surface area (Å²) in [7, 11) is 0. The second-order valence-corrected chi connectivity index (χ2v) is 7.34. The molecule has 2 aromatic rings. The Labute approximate surface area is 140 Å². The molecule has 0 fully saturated rings. The van der Waals surface area contributed by atoms with Crippen molar-refractivity contribution in [1.29, 1.82) is 0 Å². The highest BCUT2D eigenvalue weighted by Crippen LogP contribution is 2.40. The zero-order chi connectivity index (χ0) is 14.1. The fourth-order valence-corrected chi connectivity index (χ4v) is 3.96. The van der Waals surface area contributed by atoms with Gasteiger partial charge in [-0.05, 0) is 41.8 Å². The number of ether oxygens (including phenoxy) is 1. The van der Waals surface area contributed by atoms with Crippen LogP contribution in [0.25, 0.3) is 0 Å². The summed E-state index contributed by atoms with van der Waals surface area (Å²) in [6, 6.07) is 12.3. The first-order valence-electron chi connectivity index (χ1n) is 6.47. The SMILES string of the molecule is Clc1cccc(CC(Br)c2cc(Br)cc3c2OCC3)c1. The molecule has 4 heteroatoms. The Morgan fingerprint density at radius 1 is 1.25 bits per heavy atom. The Morgan fingerprint density at radius 2 is 2.10 bits per heavy atom. The first-order chi connectivity index (χ1) is 9.63. The lowest BCUT2D eigenvalue weighted by atomic mass is 10.0. The Balaban J connectivity index is 1.89. The smallest absolute Gasteiger partial charge is 0.127 e. The highest BCUT2D eigenvalue weighted by Gasteiger charge is 2.22. The van der Waals surface area contributed by atoms with E-state index in [1.54, 1.807) is 0 Å². The fraction of sp³-hybridized carbons (Fsp3) is 0.250. The molecule has 20 heavy (non-hydrogen) atoms. The van der Waals surface area contributed by atoms with Gasteiger partial charge in [0.1, 0.15) is 5.75 Å². The number of halogens is 3. The van der Waals surface area contributed by atoms with E-state index in [4.69, 9.17) is 16.3 Å². The molecular formula is C16H13Br2ClO. The van der Waals surface area contributed by atoms with E-state index in [0.717, 1.165) is 34.7 Å². The van der Waals surface area contributed by atoms with E-state index in [-0.39, 0.29) is 4.83 Å². The molecule has 0 saturated carbocycles. The van der Waals surface area contributed by atoms with Gasteiger partial charge < -0.3 is 4.74 Å². The number of hydrogen-bond donors (Lipinski definition) is 0. The van der Waals surface area contributed by atoms with Crippen LogP contribution >= 0.6 is 43.5 Å². The van der Waals surface area contributed by atoms with Crippen molar-refractivity contribution in [3.05, 3.63) is 62.6 Å². The van der Waals surface area contributed by atoms with Crippen molar-refractivity contribution >= 4 is 43.5 Å². The summed E-state index contributed by atoms with van der Waals surface area (Å²) >= 11 is 13.4. The molecule has 1 aliphatic rings. The molecule has 0 spiro atoms. The molecule has 0 saturated heterocycles. The maximum Gasteiger partial charge on any atom is 0.127 e. The van der Waals surface area contributed by atoms with Gasteiger partial charge in [-0.1, -0.05) is 55.6 Å². The molecule has 3 rings (SSSR count). The van der Waals surface area contributed by atoms with E-state index in [1.165, 1.54) is 16.7 Å². The van der Waals surface area contributed by atoms with Crippen LogP contribution in [-0.2, 0) is 12.8 Å². The van der Waals surface area contributed by atoms with Crippen molar-refractivity contribution in [3.63, 3.8) is 0 Å². The molecule has 2 aromatic carbocycles. The summed E-state index contributed by atoms with van der Waals surface area (Å²) in [4.78, 5) is 0.213. The van der Waals surface area contributed by atoms with Gasteiger partial charge in [0.05, 0.1) is 6.61 Å². The van der Waals surface area contributed by atoms with Gasteiger partial charge in [0.25, 0.3) is 0 Å². The van der Waals surface area contributed by atoms with Crippen LogP contribution < -0.4 is 4.74 Å². The molecule has 0 radical (unpaired) electrons. The number of alkyl halides is 1. The minimum atomic E-state index is 0.213. The molecule has 0 aromatic heterocycles. The minimum absolute atomic E-state index is 0.213. The molecule has 1 heterocycles. The molecule has 1 nitrogen and oxygen atoms in total. The van der Waals surface area contributed by atoms with Crippen LogP contribution in [0, 0.1) is 0 Å². The molecule has 0 bridgehead atoms. The first kappa shape index (κ1) is 14.4. The third kappa shape index (κ3) is 3.05. The molecule has 104 valence electrons. The summed E-state index contributed by atoms with van der Waals surface area (Å²) in [6.45, 7) is 0.773. The number of rotatable bonds is 3. The predicted octanol–water partition coefficient (Wildman–Crippen LogP) is 5.72. The van der Waals surface area contributed by atoms with Crippen molar-refractivity contribution in [2.24, 2.45) is 0 Å². The molecule has 1 aliphatic heterocycles. The summed E-state index contributed by atoms with van der Waals surface area (Å²) in [6.07, 6.45) is 1.87. The van der Waals surface area contributed by atoms with E-state index in [1.807, 2.05) is 18.2 Å². The molecule has 0 aliphatic carbocycles. The van der Waals surface area contributed by atoms with E-state index < -0.39 is 0 Å². The topological polar surface area (TPSA) is 9.23 Å². The van der Waals surface area contributed by atoms with Crippen LogP contribution in [0.3, 0.4) is 0 Å². The van der Waals surface area contributed by atoms with Crippen LogP contribution in [0.2, 0.25) is 5.02 Å². The van der Waals surface area contributed by atoms with Crippen LogP contribution in [0.5, 0.6) is 5.75 Å². The predicted molar refractivity (Wildman–Crippen MR) is 90.2 cm³/mol. The van der Waals surface area contributed by atoms with Gasteiger partial charge in [0.15, 0.2) is 0 Å².